The van der Waals surface area contributed by atoms with E-state index in [0.717, 1.165) is 37.5 Å². The summed E-state index contributed by atoms with van der Waals surface area (Å²) in [5, 5.41) is 21.9. The van der Waals surface area contributed by atoms with Crippen LogP contribution in [0.5, 0.6) is 0 Å². The van der Waals surface area contributed by atoms with Crippen LogP contribution < -0.4 is 0 Å². The molecule has 0 bridgehead atoms. The van der Waals surface area contributed by atoms with Gasteiger partial charge in [0.05, 0.1) is 12.2 Å². The average Bonchev–Trinajstić information content (AvgIpc) is 3.45. The average molecular weight is 609 g/mol. The van der Waals surface area contributed by atoms with Crippen molar-refractivity contribution in [2.75, 3.05) is 0 Å². The highest BCUT2D eigenvalue weighted by atomic mass is 16.7. The second-order valence-corrected chi connectivity index (χ2v) is 17.5. The van der Waals surface area contributed by atoms with Crippen molar-refractivity contribution in [3.63, 3.8) is 0 Å². The Kier molecular flexibility index (Phi) is 8.96. The molecule has 2 aliphatic heterocycles. The molecule has 2 N–H and O–H groups in total. The number of hydrogen-bond donors (Lipinski definition) is 2. The smallest absolute Gasteiger partial charge is 0.163 e. The monoisotopic (exact) mass is 608 g/mol. The first-order chi connectivity index (χ1) is 20.8. The Bertz CT molecular complexity index is 1150. The summed E-state index contributed by atoms with van der Waals surface area (Å²) in [6.07, 6.45) is 14.5. The Morgan fingerprint density at radius 2 is 1.55 bits per heavy atom. The van der Waals surface area contributed by atoms with E-state index in [9.17, 15) is 15.0 Å². The fourth-order valence-corrected chi connectivity index (χ4v) is 12.0. The predicted octanol–water partition coefficient (Wildman–Crippen LogP) is 8.16. The summed E-state index contributed by atoms with van der Waals surface area (Å²) >= 11 is 0. The number of ether oxygens (including phenoxy) is 2. The third-order valence-corrected chi connectivity index (χ3v) is 14.3. The molecule has 4 aliphatic carbocycles. The fourth-order valence-electron chi connectivity index (χ4n) is 12.0. The third kappa shape index (κ3) is 5.64. The summed E-state index contributed by atoms with van der Waals surface area (Å²) in [7, 11) is 0. The minimum absolute atomic E-state index is 0.204. The van der Waals surface area contributed by atoms with Crippen LogP contribution in [0.2, 0.25) is 0 Å². The zero-order valence-electron chi connectivity index (χ0n) is 28.2. The molecule has 2 saturated heterocycles. The van der Waals surface area contributed by atoms with Crippen LogP contribution in [0.15, 0.2) is 36.0 Å². The van der Waals surface area contributed by atoms with Gasteiger partial charge in [-0.3, -0.25) is 4.79 Å². The molecule has 0 aromatic carbocycles. The van der Waals surface area contributed by atoms with Gasteiger partial charge in [-0.2, -0.15) is 0 Å². The molecule has 6 aliphatic rings. The number of carbonyl (C=O) groups is 1. The Morgan fingerprint density at radius 3 is 2.27 bits per heavy atom. The van der Waals surface area contributed by atoms with Crippen LogP contribution in [0.3, 0.4) is 0 Å². The van der Waals surface area contributed by atoms with Crippen molar-refractivity contribution in [2.24, 2.45) is 57.7 Å². The molecular formula is C39H60O5. The second kappa shape index (κ2) is 12.1. The molecular weight excluding hydrogens is 548 g/mol. The number of allylic oxidation sites excluding steroid dienone is 3. The quantitative estimate of drug-likeness (QED) is 0.173. The lowest BCUT2D eigenvalue weighted by molar-refractivity contribution is -0.197. The van der Waals surface area contributed by atoms with Crippen molar-refractivity contribution < 1.29 is 24.5 Å². The van der Waals surface area contributed by atoms with E-state index in [0.29, 0.717) is 46.8 Å². The Hall–Kier alpha value is -1.27. The molecule has 0 amide bonds. The SMILES string of the molecule is C=C1CC[C@@H]2[C@H](CCCC2(C)C)[C@H]1C[C@@H]1O[C@@H](C/C(C=O)=C\C[C@H]2C(=C)CC[C@H]3C(C)(C)CCC[C@]23C)[C@@H]2[C@@H]1[C@H](O)O[C@@H]2O. The van der Waals surface area contributed by atoms with Gasteiger partial charge in [-0.1, -0.05) is 77.8 Å². The molecule has 4 saturated carbocycles. The van der Waals surface area contributed by atoms with Gasteiger partial charge in [-0.05, 0) is 116 Å². The van der Waals surface area contributed by atoms with Crippen molar-refractivity contribution in [1.29, 1.82) is 0 Å². The molecule has 44 heavy (non-hydrogen) atoms. The van der Waals surface area contributed by atoms with Crippen LogP contribution in [-0.4, -0.2) is 41.3 Å². The summed E-state index contributed by atoms with van der Waals surface area (Å²) in [4.78, 5) is 12.5. The van der Waals surface area contributed by atoms with Crippen LogP contribution >= 0.6 is 0 Å². The van der Waals surface area contributed by atoms with Gasteiger partial charge in [0.25, 0.3) is 0 Å². The second-order valence-electron chi connectivity index (χ2n) is 17.5. The summed E-state index contributed by atoms with van der Waals surface area (Å²) in [5.74, 6) is 2.03. The van der Waals surface area contributed by atoms with Gasteiger partial charge >= 0.3 is 0 Å². The van der Waals surface area contributed by atoms with E-state index in [1.807, 2.05) is 0 Å². The molecule has 6 rings (SSSR count). The van der Waals surface area contributed by atoms with Gasteiger partial charge in [0.1, 0.15) is 6.29 Å². The number of fused-ring (bicyclic) bond motifs is 3. The lowest BCUT2D eigenvalue weighted by Crippen LogP contribution is -2.49. The van der Waals surface area contributed by atoms with Crippen molar-refractivity contribution in [3.05, 3.63) is 36.0 Å². The number of aliphatic hydroxyl groups excluding tert-OH is 2. The van der Waals surface area contributed by atoms with E-state index in [2.05, 4.69) is 53.9 Å². The normalized spacial score (nSPS) is 46.7. The van der Waals surface area contributed by atoms with E-state index in [-0.39, 0.29) is 29.5 Å². The van der Waals surface area contributed by atoms with E-state index in [1.165, 1.54) is 62.5 Å². The van der Waals surface area contributed by atoms with Crippen LogP contribution in [0, 0.1) is 57.7 Å². The molecule has 246 valence electrons. The first-order valence-corrected chi connectivity index (χ1v) is 17.9. The van der Waals surface area contributed by atoms with E-state index < -0.39 is 12.6 Å². The molecule has 0 aromatic heterocycles. The van der Waals surface area contributed by atoms with Gasteiger partial charge in [0, 0.05) is 18.3 Å². The molecule has 0 radical (unpaired) electrons. The minimum Gasteiger partial charge on any atom is -0.374 e. The van der Waals surface area contributed by atoms with Crippen molar-refractivity contribution in [1.82, 2.24) is 0 Å². The largest absolute Gasteiger partial charge is 0.374 e. The van der Waals surface area contributed by atoms with Crippen LogP contribution in [0.25, 0.3) is 0 Å². The summed E-state index contributed by atoms with van der Waals surface area (Å²) in [6, 6.07) is 0. The zero-order valence-corrected chi connectivity index (χ0v) is 28.2. The molecule has 5 heteroatoms. The summed E-state index contributed by atoms with van der Waals surface area (Å²) < 4.78 is 12.4. The molecule has 0 aromatic rings. The molecule has 2 heterocycles. The lowest BCUT2D eigenvalue weighted by atomic mass is 9.47. The number of hydrogen-bond acceptors (Lipinski definition) is 5. The molecule has 0 unspecified atom stereocenters. The fraction of sp³-hybridized carbons (Fsp3) is 0.821. The maximum atomic E-state index is 12.5. The minimum atomic E-state index is -1.09. The molecule has 12 atom stereocenters. The highest BCUT2D eigenvalue weighted by molar-refractivity contribution is 5.73. The topological polar surface area (TPSA) is 76.0 Å². The maximum absolute atomic E-state index is 12.5. The lowest BCUT2D eigenvalue weighted by Gasteiger charge is -2.58. The van der Waals surface area contributed by atoms with Gasteiger partial charge < -0.3 is 19.7 Å². The van der Waals surface area contributed by atoms with Gasteiger partial charge in [-0.25, -0.2) is 0 Å². The van der Waals surface area contributed by atoms with E-state index >= 15 is 0 Å². The van der Waals surface area contributed by atoms with Crippen molar-refractivity contribution in [2.45, 2.75) is 143 Å². The molecule has 6 fully saturated rings. The number of carbonyl (C=O) groups excluding carboxylic acids is 1. The Labute approximate surface area is 266 Å². The van der Waals surface area contributed by atoms with E-state index in [1.54, 1.807) is 0 Å². The summed E-state index contributed by atoms with van der Waals surface area (Å²) in [5.41, 5.74) is 4.26. The van der Waals surface area contributed by atoms with Gasteiger partial charge in [0.2, 0.25) is 0 Å². The zero-order chi connectivity index (χ0) is 31.6. The highest BCUT2D eigenvalue weighted by Crippen LogP contribution is 2.62. The first-order valence-electron chi connectivity index (χ1n) is 17.9. The molecule has 5 nitrogen and oxygen atoms in total. The Balaban J connectivity index is 1.19. The Morgan fingerprint density at radius 1 is 0.864 bits per heavy atom. The van der Waals surface area contributed by atoms with Crippen molar-refractivity contribution in [3.8, 4) is 0 Å². The number of aldehydes is 1. The third-order valence-electron chi connectivity index (χ3n) is 14.3. The van der Waals surface area contributed by atoms with E-state index in [4.69, 9.17) is 9.47 Å². The number of aliphatic hydroxyl groups is 2. The van der Waals surface area contributed by atoms with Crippen molar-refractivity contribution >= 4 is 6.29 Å². The molecule has 0 spiro atoms. The first kappa shape index (κ1) is 32.7. The van der Waals surface area contributed by atoms with Crippen LogP contribution in [0.1, 0.15) is 118 Å². The number of rotatable bonds is 7. The van der Waals surface area contributed by atoms with Crippen LogP contribution in [-0.2, 0) is 14.3 Å². The van der Waals surface area contributed by atoms with Gasteiger partial charge in [0.15, 0.2) is 12.6 Å². The highest BCUT2D eigenvalue weighted by Gasteiger charge is 2.58. The van der Waals surface area contributed by atoms with Crippen LogP contribution in [0.4, 0.5) is 0 Å². The predicted molar refractivity (Wildman–Crippen MR) is 174 cm³/mol. The maximum Gasteiger partial charge on any atom is 0.163 e. The standard InChI is InChI=1S/C39H60O5/c1-23-11-14-29-26(10-8-17-37(29,3)4)27(23)21-31-34-33(35(41)44-36(34)42)30(43-31)20-25(22-40)13-15-28-24(2)12-16-32-38(5,6)18-9-19-39(28,32)7/h13,22,26-36,41-42H,1-2,8-12,14-21H2,3-7H3/b25-13+/t26-,27+,28+,29-,30+,31+,32+,33-,34-,35+,36-,39-/m1/s1. The van der Waals surface area contributed by atoms with Gasteiger partial charge in [-0.15, -0.1) is 0 Å². The summed E-state index contributed by atoms with van der Waals surface area (Å²) in [6.45, 7) is 21.3.